The third-order valence-corrected chi connectivity index (χ3v) is 5.98. The maximum absolute atomic E-state index is 13.6. The molecule has 6 nitrogen and oxygen atoms in total. The van der Waals surface area contributed by atoms with Gasteiger partial charge in [-0.05, 0) is 47.0 Å². The maximum atomic E-state index is 13.6. The van der Waals surface area contributed by atoms with E-state index in [2.05, 4.69) is 52.7 Å². The van der Waals surface area contributed by atoms with Gasteiger partial charge in [0, 0.05) is 26.2 Å². The molecule has 1 heterocycles. The second-order valence-electron chi connectivity index (χ2n) is 8.05. The molecule has 1 aliphatic rings. The van der Waals surface area contributed by atoms with Gasteiger partial charge < -0.3 is 9.80 Å². The average molecular weight is 414 g/mol. The van der Waals surface area contributed by atoms with E-state index in [1.807, 2.05) is 34.6 Å². The second-order valence-corrected chi connectivity index (χ2v) is 9.58. The SMILES string of the molecule is CC/C=C/CN1CCN(C/C=C/CC)C1=NP(=O)(OC(C)CC)OC(C)(C)C. The van der Waals surface area contributed by atoms with Crippen molar-refractivity contribution in [1.82, 2.24) is 9.80 Å². The molecule has 0 amide bonds. The highest BCUT2D eigenvalue weighted by molar-refractivity contribution is 7.52. The largest absolute Gasteiger partial charge is 0.457 e. The van der Waals surface area contributed by atoms with Crippen LogP contribution in [0, 0.1) is 0 Å². The molecule has 1 fully saturated rings. The first kappa shape index (κ1) is 24.9. The molecule has 1 saturated heterocycles. The molecule has 0 bridgehead atoms. The lowest BCUT2D eigenvalue weighted by atomic mass is 10.2. The lowest BCUT2D eigenvalue weighted by molar-refractivity contribution is 0.0778. The van der Waals surface area contributed by atoms with Crippen LogP contribution in [0.5, 0.6) is 0 Å². The minimum absolute atomic E-state index is 0.194. The van der Waals surface area contributed by atoms with Gasteiger partial charge in [0.25, 0.3) is 0 Å². The highest BCUT2D eigenvalue weighted by atomic mass is 31.2. The third kappa shape index (κ3) is 8.93. The van der Waals surface area contributed by atoms with Gasteiger partial charge in [0.15, 0.2) is 0 Å². The Morgan fingerprint density at radius 2 is 1.54 bits per heavy atom. The zero-order valence-electron chi connectivity index (χ0n) is 18.9. The van der Waals surface area contributed by atoms with E-state index in [1.54, 1.807) is 0 Å². The van der Waals surface area contributed by atoms with Crippen LogP contribution in [-0.4, -0.2) is 53.6 Å². The van der Waals surface area contributed by atoms with E-state index < -0.39 is 13.3 Å². The van der Waals surface area contributed by atoms with Crippen LogP contribution in [0.2, 0.25) is 0 Å². The number of guanidine groups is 1. The lowest BCUT2D eigenvalue weighted by Gasteiger charge is -2.28. The van der Waals surface area contributed by atoms with Crippen molar-refractivity contribution in [3.05, 3.63) is 24.3 Å². The summed E-state index contributed by atoms with van der Waals surface area (Å²) >= 11 is 0. The Labute approximate surface area is 172 Å². The summed E-state index contributed by atoms with van der Waals surface area (Å²) in [7, 11) is -3.66. The number of allylic oxidation sites excluding steroid dienone is 2. The van der Waals surface area contributed by atoms with Gasteiger partial charge in [-0.3, -0.25) is 9.05 Å². The molecule has 0 aromatic carbocycles. The fourth-order valence-electron chi connectivity index (χ4n) is 2.67. The number of hydrogen-bond donors (Lipinski definition) is 0. The standard InChI is InChI=1S/C21H40N3O3P/c1-8-11-13-15-23-17-18-24(16-14-12-9-2)20(23)22-28(25,26-19(4)10-3)27-21(5,6)7/h11-14,19H,8-10,15-18H2,1-7H3/b13-11+,14-12+. The molecule has 1 rings (SSSR count). The Balaban J connectivity index is 3.22. The maximum Gasteiger partial charge on any atom is 0.457 e. The Hall–Kier alpha value is -1.10. The predicted molar refractivity (Wildman–Crippen MR) is 119 cm³/mol. The molecule has 162 valence electrons. The Bertz CT molecular complexity index is 570. The molecule has 7 heteroatoms. The van der Waals surface area contributed by atoms with Crippen molar-refractivity contribution < 1.29 is 13.6 Å². The van der Waals surface area contributed by atoms with E-state index in [0.29, 0.717) is 5.96 Å². The summed E-state index contributed by atoms with van der Waals surface area (Å²) < 4.78 is 29.9. The van der Waals surface area contributed by atoms with Crippen molar-refractivity contribution in [2.45, 2.75) is 79.4 Å². The Kier molecular flexibility index (Phi) is 10.5. The zero-order chi connectivity index (χ0) is 21.2. The summed E-state index contributed by atoms with van der Waals surface area (Å²) in [6.07, 6.45) is 11.1. The molecular formula is C21H40N3O3P. The van der Waals surface area contributed by atoms with Gasteiger partial charge in [0.1, 0.15) is 0 Å². The first-order chi connectivity index (χ1) is 13.1. The third-order valence-electron chi connectivity index (χ3n) is 4.15. The van der Waals surface area contributed by atoms with Crippen LogP contribution in [0.3, 0.4) is 0 Å². The van der Waals surface area contributed by atoms with E-state index in [0.717, 1.165) is 45.4 Å². The number of nitrogens with zero attached hydrogens (tertiary/aromatic N) is 3. The van der Waals surface area contributed by atoms with Crippen molar-refractivity contribution in [3.8, 4) is 0 Å². The number of hydrogen-bond acceptors (Lipinski definition) is 3. The lowest BCUT2D eigenvalue weighted by Crippen LogP contribution is -2.34. The summed E-state index contributed by atoms with van der Waals surface area (Å²) in [4.78, 5) is 4.29. The van der Waals surface area contributed by atoms with E-state index in [-0.39, 0.29) is 6.10 Å². The molecule has 28 heavy (non-hydrogen) atoms. The van der Waals surface area contributed by atoms with Gasteiger partial charge in [0.05, 0.1) is 11.7 Å². The summed E-state index contributed by atoms with van der Waals surface area (Å²) in [6.45, 7) is 16.9. The normalized spacial score (nSPS) is 19.0. The zero-order valence-corrected chi connectivity index (χ0v) is 19.7. The fourth-order valence-corrected chi connectivity index (χ4v) is 4.57. The molecule has 0 aliphatic carbocycles. The molecule has 0 spiro atoms. The molecular weight excluding hydrogens is 373 g/mol. The topological polar surface area (TPSA) is 54.4 Å². The molecule has 0 aromatic heterocycles. The van der Waals surface area contributed by atoms with Crippen molar-refractivity contribution in [2.24, 2.45) is 4.76 Å². The summed E-state index contributed by atoms with van der Waals surface area (Å²) in [5, 5.41) is 0. The highest BCUT2D eigenvalue weighted by Gasteiger charge is 2.36. The van der Waals surface area contributed by atoms with Gasteiger partial charge in [-0.15, -0.1) is 4.76 Å². The van der Waals surface area contributed by atoms with Crippen LogP contribution in [0.15, 0.2) is 29.1 Å². The predicted octanol–water partition coefficient (Wildman–Crippen LogP) is 5.63. The molecule has 2 atom stereocenters. The molecule has 0 saturated carbocycles. The monoisotopic (exact) mass is 413 g/mol. The van der Waals surface area contributed by atoms with Crippen LogP contribution in [0.4, 0.5) is 0 Å². The average Bonchev–Trinajstić information content (AvgIpc) is 2.95. The van der Waals surface area contributed by atoms with E-state index in [4.69, 9.17) is 9.05 Å². The van der Waals surface area contributed by atoms with Gasteiger partial charge in [-0.2, -0.15) is 0 Å². The first-order valence-corrected chi connectivity index (χ1v) is 12.0. The smallest absolute Gasteiger partial charge is 0.337 e. The summed E-state index contributed by atoms with van der Waals surface area (Å²) in [5.41, 5.74) is -0.620. The minimum atomic E-state index is -3.66. The van der Waals surface area contributed by atoms with Crippen LogP contribution < -0.4 is 0 Å². The number of rotatable bonds is 11. The molecule has 1 aliphatic heterocycles. The van der Waals surface area contributed by atoms with Crippen LogP contribution >= 0.6 is 7.75 Å². The highest BCUT2D eigenvalue weighted by Crippen LogP contribution is 2.54. The second kappa shape index (κ2) is 11.8. The minimum Gasteiger partial charge on any atom is -0.337 e. The summed E-state index contributed by atoms with van der Waals surface area (Å²) in [5.74, 6) is 0.692. The van der Waals surface area contributed by atoms with E-state index in [9.17, 15) is 4.57 Å². The quantitative estimate of drug-likeness (QED) is 0.324. The summed E-state index contributed by atoms with van der Waals surface area (Å²) in [6, 6.07) is 0. The van der Waals surface area contributed by atoms with Crippen LogP contribution in [0.1, 0.15) is 67.7 Å². The molecule has 0 radical (unpaired) electrons. The van der Waals surface area contributed by atoms with Gasteiger partial charge in [-0.25, -0.2) is 4.57 Å². The Morgan fingerprint density at radius 3 is 1.93 bits per heavy atom. The van der Waals surface area contributed by atoms with Crippen LogP contribution in [-0.2, 0) is 13.6 Å². The van der Waals surface area contributed by atoms with Crippen LogP contribution in [0.25, 0.3) is 0 Å². The van der Waals surface area contributed by atoms with E-state index in [1.165, 1.54) is 0 Å². The van der Waals surface area contributed by atoms with Crippen molar-refractivity contribution in [2.75, 3.05) is 26.2 Å². The molecule has 0 N–H and O–H groups in total. The first-order valence-electron chi connectivity index (χ1n) is 10.5. The van der Waals surface area contributed by atoms with Gasteiger partial charge in [-0.1, -0.05) is 45.1 Å². The molecule has 0 aromatic rings. The Morgan fingerprint density at radius 1 is 1.04 bits per heavy atom. The van der Waals surface area contributed by atoms with Crippen molar-refractivity contribution in [1.29, 1.82) is 0 Å². The van der Waals surface area contributed by atoms with Gasteiger partial charge >= 0.3 is 7.75 Å². The van der Waals surface area contributed by atoms with E-state index >= 15 is 0 Å². The van der Waals surface area contributed by atoms with Gasteiger partial charge in [0.2, 0.25) is 5.96 Å². The van der Waals surface area contributed by atoms with Crippen molar-refractivity contribution >= 4 is 13.7 Å². The van der Waals surface area contributed by atoms with Crippen molar-refractivity contribution in [3.63, 3.8) is 0 Å². The molecule has 2 unspecified atom stereocenters. The fraction of sp³-hybridized carbons (Fsp3) is 0.762.